The maximum Gasteiger partial charge on any atom is 0.417 e. The van der Waals surface area contributed by atoms with Crippen LogP contribution >= 0.6 is 0 Å². The number of aromatic nitrogens is 3. The smallest absolute Gasteiger partial charge is 0.322 e. The van der Waals surface area contributed by atoms with Gasteiger partial charge in [-0.2, -0.15) is 18.3 Å². The Morgan fingerprint density at radius 1 is 0.969 bits per heavy atom. The Labute approximate surface area is 179 Å². The number of fused-ring (bicyclic) bond motifs is 1. The second-order valence-corrected chi connectivity index (χ2v) is 8.21. The lowest BCUT2D eigenvalue weighted by atomic mass is 10.2. The van der Waals surface area contributed by atoms with Gasteiger partial charge in [0.05, 0.1) is 16.7 Å². The molecule has 32 heavy (non-hydrogen) atoms. The molecule has 2 aromatic carbocycles. The van der Waals surface area contributed by atoms with Crippen molar-refractivity contribution >= 4 is 33.1 Å². The minimum Gasteiger partial charge on any atom is -0.322 e. The SMILES string of the molecule is O=C(Nc1ccccc1)c1cnn2ccc(NS(=O)(=O)c3ccccc3C(F)(F)F)nc12. The average Bonchev–Trinajstić information content (AvgIpc) is 3.17. The normalized spacial score (nSPS) is 12.0. The number of para-hydroxylation sites is 1. The van der Waals surface area contributed by atoms with Crippen molar-refractivity contribution in [3.8, 4) is 0 Å². The number of hydrogen-bond acceptors (Lipinski definition) is 5. The van der Waals surface area contributed by atoms with E-state index in [0.29, 0.717) is 11.8 Å². The molecule has 8 nitrogen and oxygen atoms in total. The lowest BCUT2D eigenvalue weighted by molar-refractivity contribution is -0.139. The van der Waals surface area contributed by atoms with Crippen LogP contribution in [0.3, 0.4) is 0 Å². The molecule has 0 aliphatic rings. The molecule has 0 radical (unpaired) electrons. The van der Waals surface area contributed by atoms with Gasteiger partial charge >= 0.3 is 6.18 Å². The molecule has 0 atom stereocenters. The predicted octanol–water partition coefficient (Wildman–Crippen LogP) is 3.80. The molecule has 4 aromatic rings. The summed E-state index contributed by atoms with van der Waals surface area (Å²) in [7, 11) is -4.62. The first-order chi connectivity index (χ1) is 15.1. The molecule has 0 unspecified atom stereocenters. The van der Waals surface area contributed by atoms with Gasteiger partial charge in [-0.3, -0.25) is 9.52 Å². The third kappa shape index (κ3) is 4.25. The molecule has 0 fully saturated rings. The molecular weight excluding hydrogens is 447 g/mol. The Hall–Kier alpha value is -3.93. The van der Waals surface area contributed by atoms with Gasteiger partial charge in [0.2, 0.25) is 0 Å². The van der Waals surface area contributed by atoms with Crippen LogP contribution in [0.2, 0.25) is 0 Å². The lowest BCUT2D eigenvalue weighted by Gasteiger charge is -2.14. The standard InChI is InChI=1S/C20H14F3N5O3S/c21-20(22,23)15-8-4-5-9-16(15)32(30,31)27-17-10-11-28-18(26-17)14(12-24-28)19(29)25-13-6-2-1-3-7-13/h1-12H,(H,25,29)(H,26,27). The maximum atomic E-state index is 13.2. The Kier molecular flexibility index (Phi) is 5.30. The molecule has 0 aliphatic carbocycles. The zero-order valence-electron chi connectivity index (χ0n) is 16.0. The molecule has 4 rings (SSSR count). The van der Waals surface area contributed by atoms with Crippen molar-refractivity contribution in [1.29, 1.82) is 0 Å². The van der Waals surface area contributed by atoms with Crippen LogP contribution in [-0.4, -0.2) is 28.9 Å². The van der Waals surface area contributed by atoms with Crippen molar-refractivity contribution in [2.24, 2.45) is 0 Å². The molecule has 164 valence electrons. The summed E-state index contributed by atoms with van der Waals surface area (Å²) in [4.78, 5) is 15.7. The van der Waals surface area contributed by atoms with E-state index in [1.54, 1.807) is 30.3 Å². The van der Waals surface area contributed by atoms with Crippen LogP contribution in [0.5, 0.6) is 0 Å². The van der Waals surface area contributed by atoms with E-state index in [1.165, 1.54) is 29.0 Å². The van der Waals surface area contributed by atoms with E-state index >= 15 is 0 Å². The molecule has 2 N–H and O–H groups in total. The summed E-state index contributed by atoms with van der Waals surface area (Å²) < 4.78 is 68.3. The Morgan fingerprint density at radius 3 is 2.38 bits per heavy atom. The first kappa shape index (κ1) is 21.3. The van der Waals surface area contributed by atoms with Gasteiger partial charge in [-0.1, -0.05) is 30.3 Å². The fourth-order valence-electron chi connectivity index (χ4n) is 2.93. The summed E-state index contributed by atoms with van der Waals surface area (Å²) in [5.74, 6) is -0.815. The average molecular weight is 461 g/mol. The highest BCUT2D eigenvalue weighted by Gasteiger charge is 2.37. The molecule has 2 aromatic heterocycles. The van der Waals surface area contributed by atoms with Crippen LogP contribution < -0.4 is 10.0 Å². The molecule has 0 aliphatic heterocycles. The minimum absolute atomic E-state index is 0.0164. The summed E-state index contributed by atoms with van der Waals surface area (Å²) in [6.07, 6.45) is -2.29. The highest BCUT2D eigenvalue weighted by Crippen LogP contribution is 2.34. The van der Waals surface area contributed by atoms with Crippen molar-refractivity contribution in [2.75, 3.05) is 10.0 Å². The summed E-state index contributed by atoms with van der Waals surface area (Å²) >= 11 is 0. The van der Waals surface area contributed by atoms with Crippen LogP contribution in [0.15, 0.2) is 78.0 Å². The van der Waals surface area contributed by atoms with Crippen molar-refractivity contribution in [2.45, 2.75) is 11.1 Å². The summed E-state index contributed by atoms with van der Waals surface area (Å²) in [5.41, 5.74) is -0.716. The van der Waals surface area contributed by atoms with Gasteiger partial charge in [-0.15, -0.1) is 0 Å². The highest BCUT2D eigenvalue weighted by molar-refractivity contribution is 7.92. The number of halogens is 3. The van der Waals surface area contributed by atoms with Crippen molar-refractivity contribution in [3.63, 3.8) is 0 Å². The monoisotopic (exact) mass is 461 g/mol. The van der Waals surface area contributed by atoms with Gasteiger partial charge in [-0.05, 0) is 30.3 Å². The first-order valence-corrected chi connectivity index (χ1v) is 10.5. The van der Waals surface area contributed by atoms with Gasteiger partial charge in [0.15, 0.2) is 5.65 Å². The van der Waals surface area contributed by atoms with E-state index in [0.717, 1.165) is 12.1 Å². The molecule has 2 heterocycles. The molecule has 0 spiro atoms. The highest BCUT2D eigenvalue weighted by atomic mass is 32.2. The zero-order chi connectivity index (χ0) is 22.9. The van der Waals surface area contributed by atoms with E-state index in [1.807, 2.05) is 4.72 Å². The fraction of sp³-hybridized carbons (Fsp3) is 0.0500. The zero-order valence-corrected chi connectivity index (χ0v) is 16.9. The number of nitrogens with one attached hydrogen (secondary N) is 2. The second kappa shape index (κ2) is 7.96. The third-order valence-electron chi connectivity index (χ3n) is 4.37. The third-order valence-corrected chi connectivity index (χ3v) is 5.78. The number of carbonyl (C=O) groups excluding carboxylic acids is 1. The quantitative estimate of drug-likeness (QED) is 0.470. The van der Waals surface area contributed by atoms with E-state index < -0.39 is 32.6 Å². The number of rotatable bonds is 5. The Bertz CT molecular complexity index is 1400. The number of sulfonamides is 1. The van der Waals surface area contributed by atoms with Crippen molar-refractivity contribution in [1.82, 2.24) is 14.6 Å². The number of nitrogens with zero attached hydrogens (tertiary/aromatic N) is 3. The fourth-order valence-corrected chi connectivity index (χ4v) is 4.16. The molecule has 0 saturated carbocycles. The Balaban J connectivity index is 1.67. The van der Waals surface area contributed by atoms with Crippen LogP contribution in [0.4, 0.5) is 24.7 Å². The van der Waals surface area contributed by atoms with E-state index in [9.17, 15) is 26.4 Å². The molecule has 12 heteroatoms. The van der Waals surface area contributed by atoms with Gasteiger partial charge in [-0.25, -0.2) is 17.9 Å². The van der Waals surface area contributed by atoms with Crippen molar-refractivity contribution in [3.05, 3.63) is 84.2 Å². The predicted molar refractivity (Wildman–Crippen MR) is 110 cm³/mol. The maximum absolute atomic E-state index is 13.2. The van der Waals surface area contributed by atoms with Crippen LogP contribution in [0.1, 0.15) is 15.9 Å². The summed E-state index contributed by atoms with van der Waals surface area (Å²) in [6.45, 7) is 0. The lowest BCUT2D eigenvalue weighted by Crippen LogP contribution is -2.19. The number of amides is 1. The number of carbonyl (C=O) groups is 1. The molecule has 0 bridgehead atoms. The topological polar surface area (TPSA) is 105 Å². The Morgan fingerprint density at radius 2 is 1.66 bits per heavy atom. The van der Waals surface area contributed by atoms with E-state index in [2.05, 4.69) is 15.4 Å². The van der Waals surface area contributed by atoms with E-state index in [4.69, 9.17) is 0 Å². The van der Waals surface area contributed by atoms with Crippen molar-refractivity contribution < 1.29 is 26.4 Å². The van der Waals surface area contributed by atoms with Crippen LogP contribution in [-0.2, 0) is 16.2 Å². The van der Waals surface area contributed by atoms with Crippen LogP contribution in [0, 0.1) is 0 Å². The molecular formula is C20H14F3N5O3S. The van der Waals surface area contributed by atoms with Gasteiger partial charge < -0.3 is 5.32 Å². The number of hydrogen-bond donors (Lipinski definition) is 2. The number of benzene rings is 2. The second-order valence-electron chi connectivity index (χ2n) is 6.56. The largest absolute Gasteiger partial charge is 0.417 e. The van der Waals surface area contributed by atoms with Crippen LogP contribution in [0.25, 0.3) is 5.65 Å². The molecule has 1 amide bonds. The summed E-state index contributed by atoms with van der Waals surface area (Å²) in [5, 5.41) is 6.65. The van der Waals surface area contributed by atoms with Gasteiger partial charge in [0, 0.05) is 11.9 Å². The molecule has 0 saturated heterocycles. The van der Waals surface area contributed by atoms with Gasteiger partial charge in [0.1, 0.15) is 11.4 Å². The van der Waals surface area contributed by atoms with Gasteiger partial charge in [0.25, 0.3) is 15.9 Å². The number of anilines is 2. The summed E-state index contributed by atoms with van der Waals surface area (Å²) in [6, 6.07) is 13.6. The minimum atomic E-state index is -4.86. The van der Waals surface area contributed by atoms with E-state index in [-0.39, 0.29) is 17.0 Å². The number of alkyl halides is 3. The first-order valence-electron chi connectivity index (χ1n) is 9.05.